The van der Waals surface area contributed by atoms with Gasteiger partial charge in [-0.3, -0.25) is 5.10 Å². The van der Waals surface area contributed by atoms with Gasteiger partial charge in [0.1, 0.15) is 35.5 Å². The van der Waals surface area contributed by atoms with E-state index in [2.05, 4.69) is 70.2 Å². The van der Waals surface area contributed by atoms with E-state index in [9.17, 15) is 0 Å². The molecule has 0 unspecified atom stereocenters. The molecule has 0 bridgehead atoms. The molecule has 14 nitrogen and oxygen atoms in total. The lowest BCUT2D eigenvalue weighted by Crippen LogP contribution is -1.64. The Morgan fingerprint density at radius 2 is 1.66 bits per heavy atom. The molecular formula is C13H14N14S2. The Hall–Kier alpha value is -4.05. The molecule has 16 heteroatoms. The van der Waals surface area contributed by atoms with Crippen LogP contribution in [0.1, 0.15) is 0 Å². The van der Waals surface area contributed by atoms with Crippen molar-refractivity contribution in [3.05, 3.63) is 66.7 Å². The minimum Gasteiger partial charge on any atom is -0.266 e. The predicted octanol–water partition coefficient (Wildman–Crippen LogP) is 1.04. The first-order valence-corrected chi connectivity index (χ1v) is 9.25. The van der Waals surface area contributed by atoms with Gasteiger partial charge in [0, 0.05) is 5.38 Å². The van der Waals surface area contributed by atoms with Crippen LogP contribution in [0.2, 0.25) is 0 Å². The van der Waals surface area contributed by atoms with Crippen molar-refractivity contribution >= 4 is 34.1 Å². The van der Waals surface area contributed by atoms with Crippen LogP contribution in [0.5, 0.6) is 0 Å². The number of H-pyrrole nitrogens is 3. The van der Waals surface area contributed by atoms with E-state index < -0.39 is 0 Å². The zero-order valence-electron chi connectivity index (χ0n) is 14.6. The lowest BCUT2D eigenvalue weighted by molar-refractivity contribution is 0.881. The largest absolute Gasteiger partial charge is 0.266 e. The fraction of sp³-hybridized carbons (Fsp3) is 0. The van der Waals surface area contributed by atoms with Gasteiger partial charge >= 0.3 is 0 Å². The van der Waals surface area contributed by atoms with Crippen LogP contribution in [-0.2, 0) is 0 Å². The Morgan fingerprint density at radius 3 is 1.97 bits per heavy atom. The molecule has 0 aliphatic carbocycles. The predicted molar refractivity (Wildman–Crippen MR) is 104 cm³/mol. The maximum atomic E-state index is 3.88. The minimum absolute atomic E-state index is 0.914. The van der Waals surface area contributed by atoms with Crippen molar-refractivity contribution in [3.63, 3.8) is 0 Å². The third-order valence-corrected chi connectivity index (χ3v) is 3.25. The van der Waals surface area contributed by atoms with Crippen LogP contribution in [0.3, 0.4) is 0 Å². The van der Waals surface area contributed by atoms with Gasteiger partial charge < -0.3 is 0 Å². The Kier molecular flexibility index (Phi) is 11.0. The molecule has 1 aromatic carbocycles. The molecule has 6 aromatic rings. The number of aromatic amines is 3. The minimum atomic E-state index is 0.914. The van der Waals surface area contributed by atoms with Crippen molar-refractivity contribution in [1.82, 2.24) is 70.2 Å². The van der Waals surface area contributed by atoms with Gasteiger partial charge in [0.15, 0.2) is 6.33 Å². The molecule has 0 saturated heterocycles. The van der Waals surface area contributed by atoms with Crippen LogP contribution in [0.15, 0.2) is 66.7 Å². The van der Waals surface area contributed by atoms with Crippen molar-refractivity contribution in [2.45, 2.75) is 0 Å². The van der Waals surface area contributed by atoms with E-state index >= 15 is 0 Å². The fourth-order valence-corrected chi connectivity index (χ4v) is 1.90. The Labute approximate surface area is 171 Å². The Morgan fingerprint density at radius 1 is 0.793 bits per heavy atom. The number of rotatable bonds is 0. The molecule has 0 spiro atoms. The molecule has 0 aliphatic heterocycles. The highest BCUT2D eigenvalue weighted by Gasteiger charge is 1.90. The van der Waals surface area contributed by atoms with Gasteiger partial charge in [-0.25, -0.2) is 9.97 Å². The van der Waals surface area contributed by atoms with E-state index in [1.54, 1.807) is 11.7 Å². The van der Waals surface area contributed by atoms with Crippen molar-refractivity contribution in [2.24, 2.45) is 0 Å². The van der Waals surface area contributed by atoms with Crippen LogP contribution in [-0.4, -0.2) is 70.2 Å². The first-order valence-electron chi connectivity index (χ1n) is 7.57. The summed E-state index contributed by atoms with van der Waals surface area (Å²) in [7, 11) is 0. The summed E-state index contributed by atoms with van der Waals surface area (Å²) in [5.41, 5.74) is 3.51. The average Bonchev–Trinajstić information content (AvgIpc) is 3.65. The first kappa shape index (κ1) is 21.3. The monoisotopic (exact) mass is 430 g/mol. The topological polar surface area (TPSA) is 189 Å². The standard InChI is InChI=1S/C6H5N3.C2H3N3.2C2H2N2S.CH2N4/c1-2-4-6-5(3-1)7-9-8-6;2*1-3-2-5-4-1;1-2-5-4-3-1;1-2-4-5-3-1/h1-4H,(H,7,8,9);1-2H,(H,3,4,5);2*1-2H;1H,(H,2,3,4,5). The molecule has 5 heterocycles. The van der Waals surface area contributed by atoms with Gasteiger partial charge in [0.25, 0.3) is 0 Å². The second kappa shape index (κ2) is 15.1. The van der Waals surface area contributed by atoms with E-state index in [4.69, 9.17) is 0 Å². The highest BCUT2D eigenvalue weighted by atomic mass is 32.1. The molecule has 148 valence electrons. The zero-order valence-corrected chi connectivity index (χ0v) is 16.2. The Bertz CT molecular complexity index is 807. The lowest BCUT2D eigenvalue weighted by atomic mass is 10.3. The molecule has 29 heavy (non-hydrogen) atoms. The summed E-state index contributed by atoms with van der Waals surface area (Å²) >= 11 is 2.70. The molecule has 0 aliphatic rings. The summed E-state index contributed by atoms with van der Waals surface area (Å²) in [6, 6.07) is 7.70. The first-order chi connectivity index (χ1) is 14.5. The average molecular weight is 430 g/mol. The van der Waals surface area contributed by atoms with E-state index in [0.29, 0.717) is 0 Å². The van der Waals surface area contributed by atoms with Crippen molar-refractivity contribution in [2.75, 3.05) is 0 Å². The smallest absolute Gasteiger partial charge is 0.161 e. The SMILES string of the molecule is c1ccc2n[nH]nc2c1.c1csnn1.c1nc[nH]n1.c1ncsn1.c1nn[nH]n1. The van der Waals surface area contributed by atoms with Crippen LogP contribution in [0.25, 0.3) is 11.0 Å². The fourth-order valence-electron chi connectivity index (χ4n) is 1.35. The highest BCUT2D eigenvalue weighted by molar-refractivity contribution is 7.03. The van der Waals surface area contributed by atoms with Crippen LogP contribution >= 0.6 is 23.1 Å². The summed E-state index contributed by atoms with van der Waals surface area (Å²) in [6.07, 6.45) is 7.47. The molecule has 0 atom stereocenters. The number of aromatic nitrogens is 14. The van der Waals surface area contributed by atoms with Gasteiger partial charge in [-0.05, 0) is 35.2 Å². The second-order valence-electron chi connectivity index (χ2n) is 4.19. The number of nitrogens with one attached hydrogen (secondary N) is 3. The lowest BCUT2D eigenvalue weighted by Gasteiger charge is -1.78. The van der Waals surface area contributed by atoms with E-state index in [0.717, 1.165) is 11.0 Å². The third-order valence-electron chi connectivity index (χ3n) is 2.39. The number of fused-ring (bicyclic) bond motifs is 1. The molecule has 0 fully saturated rings. The zero-order chi connectivity index (χ0) is 20.2. The summed E-state index contributed by atoms with van der Waals surface area (Å²) in [5, 5.41) is 33.8. The molecule has 3 N–H and O–H groups in total. The summed E-state index contributed by atoms with van der Waals surface area (Å²) in [5.74, 6) is 0. The van der Waals surface area contributed by atoms with E-state index in [1.165, 1.54) is 48.4 Å². The number of hydrogen-bond acceptors (Lipinski definition) is 13. The Balaban J connectivity index is 0.000000133. The van der Waals surface area contributed by atoms with E-state index in [-0.39, 0.29) is 0 Å². The molecule has 6 rings (SSSR count). The number of tetrazole rings is 1. The maximum absolute atomic E-state index is 3.88. The number of nitrogens with zero attached hydrogens (tertiary/aromatic N) is 11. The summed E-state index contributed by atoms with van der Waals surface area (Å²) in [4.78, 5) is 7.19. The van der Waals surface area contributed by atoms with Crippen LogP contribution < -0.4 is 0 Å². The summed E-state index contributed by atoms with van der Waals surface area (Å²) < 4.78 is 7.17. The normalized spacial score (nSPS) is 8.69. The number of para-hydroxylation sites is 2. The maximum Gasteiger partial charge on any atom is 0.161 e. The van der Waals surface area contributed by atoms with Gasteiger partial charge in [0.05, 0.1) is 6.20 Å². The quantitative estimate of drug-likeness (QED) is 0.312. The third kappa shape index (κ3) is 10.6. The second-order valence-corrected chi connectivity index (χ2v) is 5.47. The van der Waals surface area contributed by atoms with Crippen LogP contribution in [0.4, 0.5) is 0 Å². The molecule has 0 saturated carbocycles. The van der Waals surface area contributed by atoms with Crippen LogP contribution in [0, 0.1) is 0 Å². The van der Waals surface area contributed by atoms with Gasteiger partial charge in [0.2, 0.25) is 0 Å². The molecule has 5 aromatic heterocycles. The van der Waals surface area contributed by atoms with Gasteiger partial charge in [-0.15, -0.1) is 15.3 Å². The van der Waals surface area contributed by atoms with Gasteiger partial charge in [-0.1, -0.05) is 21.8 Å². The molecule has 0 amide bonds. The van der Waals surface area contributed by atoms with Crippen molar-refractivity contribution in [1.29, 1.82) is 0 Å². The van der Waals surface area contributed by atoms with Gasteiger partial charge in [-0.2, -0.15) is 30.1 Å². The van der Waals surface area contributed by atoms with Crippen molar-refractivity contribution < 1.29 is 0 Å². The van der Waals surface area contributed by atoms with E-state index in [1.807, 2.05) is 29.6 Å². The summed E-state index contributed by atoms with van der Waals surface area (Å²) in [6.45, 7) is 0. The number of hydrogen-bond donors (Lipinski definition) is 3. The molecular weight excluding hydrogens is 416 g/mol. The number of benzene rings is 1. The van der Waals surface area contributed by atoms with Crippen molar-refractivity contribution in [3.8, 4) is 0 Å². The molecule has 0 radical (unpaired) electrons. The highest BCUT2D eigenvalue weighted by Crippen LogP contribution is 2.03.